The minimum atomic E-state index is 0.881. The van der Waals surface area contributed by atoms with E-state index in [1.54, 1.807) is 0 Å². The van der Waals surface area contributed by atoms with Crippen molar-refractivity contribution in [2.24, 2.45) is 5.92 Å². The lowest BCUT2D eigenvalue weighted by Crippen LogP contribution is -2.56. The van der Waals surface area contributed by atoms with Crippen LogP contribution in [0.25, 0.3) is 0 Å². The van der Waals surface area contributed by atoms with Gasteiger partial charge in [0.1, 0.15) is 0 Å². The minimum Gasteiger partial charge on any atom is -0.317 e. The molecule has 3 aliphatic rings. The van der Waals surface area contributed by atoms with E-state index in [9.17, 15) is 0 Å². The molecule has 3 saturated heterocycles. The Morgan fingerprint density at radius 3 is 2.11 bits per heavy atom. The topological polar surface area (TPSA) is 18.5 Å². The third-order valence-electron chi connectivity index (χ3n) is 5.40. The van der Waals surface area contributed by atoms with Crippen LogP contribution < -0.4 is 5.32 Å². The molecule has 18 heavy (non-hydrogen) atoms. The van der Waals surface area contributed by atoms with Gasteiger partial charge in [-0.3, -0.25) is 4.90 Å². The zero-order chi connectivity index (χ0) is 12.4. The van der Waals surface area contributed by atoms with Crippen molar-refractivity contribution >= 4 is 0 Å². The maximum atomic E-state index is 3.48. The molecule has 1 N–H and O–H groups in total. The Kier molecular flexibility index (Phi) is 4.22. The van der Waals surface area contributed by atoms with Crippen molar-refractivity contribution in [3.8, 4) is 0 Å². The van der Waals surface area contributed by atoms with Gasteiger partial charge in [-0.05, 0) is 57.8 Å². The Morgan fingerprint density at radius 2 is 1.50 bits per heavy atom. The molecule has 0 bridgehead atoms. The van der Waals surface area contributed by atoms with Crippen LogP contribution in [0.3, 0.4) is 0 Å². The van der Waals surface area contributed by atoms with Gasteiger partial charge in [0.25, 0.3) is 0 Å². The summed E-state index contributed by atoms with van der Waals surface area (Å²) in [5, 5.41) is 3.48. The van der Waals surface area contributed by atoms with Crippen molar-refractivity contribution in [1.29, 1.82) is 0 Å². The lowest BCUT2D eigenvalue weighted by molar-refractivity contribution is 0.00737. The summed E-state index contributed by atoms with van der Waals surface area (Å²) in [6.45, 7) is 10.3. The van der Waals surface area contributed by atoms with Crippen LogP contribution in [-0.2, 0) is 0 Å². The molecule has 3 nitrogen and oxygen atoms in total. The molecule has 0 aliphatic carbocycles. The highest BCUT2D eigenvalue weighted by Crippen LogP contribution is 2.28. The van der Waals surface area contributed by atoms with Crippen molar-refractivity contribution in [3.63, 3.8) is 0 Å². The Balaban J connectivity index is 1.41. The number of piperidine rings is 2. The third-order valence-corrected chi connectivity index (χ3v) is 5.40. The van der Waals surface area contributed by atoms with Gasteiger partial charge in [0.05, 0.1) is 0 Å². The van der Waals surface area contributed by atoms with Crippen molar-refractivity contribution in [2.45, 2.75) is 51.1 Å². The monoisotopic (exact) mass is 251 g/mol. The zero-order valence-electron chi connectivity index (χ0n) is 11.9. The Hall–Kier alpha value is -0.120. The van der Waals surface area contributed by atoms with Crippen molar-refractivity contribution in [2.75, 3.05) is 39.3 Å². The molecular weight excluding hydrogens is 222 g/mol. The highest BCUT2D eigenvalue weighted by Gasteiger charge is 2.34. The van der Waals surface area contributed by atoms with Gasteiger partial charge in [-0.1, -0.05) is 13.3 Å². The van der Waals surface area contributed by atoms with Crippen LogP contribution in [0.4, 0.5) is 0 Å². The van der Waals surface area contributed by atoms with E-state index in [0.717, 1.165) is 18.0 Å². The number of rotatable bonds is 3. The fourth-order valence-corrected chi connectivity index (χ4v) is 3.95. The quantitative estimate of drug-likeness (QED) is 0.821. The molecule has 0 radical (unpaired) electrons. The number of nitrogens with zero attached hydrogens (tertiary/aromatic N) is 2. The minimum absolute atomic E-state index is 0.881. The maximum Gasteiger partial charge on any atom is 0.0120 e. The summed E-state index contributed by atoms with van der Waals surface area (Å²) in [6.07, 6.45) is 6.95. The summed E-state index contributed by atoms with van der Waals surface area (Å²) in [6, 6.07) is 1.79. The van der Waals surface area contributed by atoms with Gasteiger partial charge in [0, 0.05) is 25.2 Å². The first-order valence-electron chi connectivity index (χ1n) is 8.05. The van der Waals surface area contributed by atoms with Crippen molar-refractivity contribution < 1.29 is 0 Å². The Morgan fingerprint density at radius 1 is 0.889 bits per heavy atom. The predicted molar refractivity (Wildman–Crippen MR) is 75.8 cm³/mol. The molecule has 3 aliphatic heterocycles. The van der Waals surface area contributed by atoms with E-state index in [-0.39, 0.29) is 0 Å². The van der Waals surface area contributed by atoms with E-state index in [1.165, 1.54) is 71.4 Å². The number of likely N-dealkylation sites (tertiary alicyclic amines) is 2. The molecule has 0 aromatic rings. The molecule has 0 amide bonds. The largest absolute Gasteiger partial charge is 0.317 e. The molecule has 3 heteroatoms. The van der Waals surface area contributed by atoms with Crippen LogP contribution in [0.15, 0.2) is 0 Å². The molecule has 0 atom stereocenters. The molecule has 104 valence electrons. The highest BCUT2D eigenvalue weighted by atomic mass is 15.2. The molecule has 0 aromatic carbocycles. The summed E-state index contributed by atoms with van der Waals surface area (Å²) in [4.78, 5) is 5.52. The SMILES string of the molecule is CCC1CN(C2CCN(C3CCNCC3)CC2)C1. The smallest absolute Gasteiger partial charge is 0.0120 e. The van der Waals surface area contributed by atoms with Gasteiger partial charge in [-0.25, -0.2) is 0 Å². The summed E-state index contributed by atoms with van der Waals surface area (Å²) >= 11 is 0. The van der Waals surface area contributed by atoms with E-state index in [0.29, 0.717) is 0 Å². The summed E-state index contributed by atoms with van der Waals surface area (Å²) in [5.41, 5.74) is 0. The predicted octanol–water partition coefficient (Wildman–Crippen LogP) is 1.54. The number of hydrogen-bond acceptors (Lipinski definition) is 3. The lowest BCUT2D eigenvalue weighted by atomic mass is 9.91. The summed E-state index contributed by atoms with van der Waals surface area (Å²) in [7, 11) is 0. The van der Waals surface area contributed by atoms with E-state index in [1.807, 2.05) is 0 Å². The normalized spacial score (nSPS) is 30.5. The average molecular weight is 251 g/mol. The van der Waals surface area contributed by atoms with Crippen LogP contribution in [0.1, 0.15) is 39.0 Å². The molecule has 0 spiro atoms. The van der Waals surface area contributed by atoms with E-state index in [2.05, 4.69) is 22.0 Å². The Bertz CT molecular complexity index is 248. The fraction of sp³-hybridized carbons (Fsp3) is 1.00. The molecule has 3 heterocycles. The van der Waals surface area contributed by atoms with E-state index in [4.69, 9.17) is 0 Å². The fourth-order valence-electron chi connectivity index (χ4n) is 3.95. The van der Waals surface area contributed by atoms with Gasteiger partial charge >= 0.3 is 0 Å². The van der Waals surface area contributed by atoms with Gasteiger partial charge in [0.2, 0.25) is 0 Å². The van der Waals surface area contributed by atoms with Crippen molar-refractivity contribution in [3.05, 3.63) is 0 Å². The molecule has 0 unspecified atom stereocenters. The number of nitrogens with one attached hydrogen (secondary N) is 1. The average Bonchev–Trinajstić information content (AvgIpc) is 2.39. The second-order valence-electron chi connectivity index (χ2n) is 6.48. The first kappa shape index (κ1) is 12.9. The molecular formula is C15H29N3. The molecule has 0 saturated carbocycles. The first-order chi connectivity index (χ1) is 8.86. The highest BCUT2D eigenvalue weighted by molar-refractivity contribution is 4.90. The first-order valence-corrected chi connectivity index (χ1v) is 8.05. The molecule has 3 fully saturated rings. The van der Waals surface area contributed by atoms with Crippen LogP contribution in [0, 0.1) is 5.92 Å². The van der Waals surface area contributed by atoms with Gasteiger partial charge in [-0.2, -0.15) is 0 Å². The second kappa shape index (κ2) is 5.89. The van der Waals surface area contributed by atoms with E-state index >= 15 is 0 Å². The van der Waals surface area contributed by atoms with E-state index < -0.39 is 0 Å². The molecule has 3 rings (SSSR count). The van der Waals surface area contributed by atoms with Crippen LogP contribution in [-0.4, -0.2) is 61.2 Å². The summed E-state index contributed by atoms with van der Waals surface area (Å²) < 4.78 is 0. The van der Waals surface area contributed by atoms with Crippen LogP contribution in [0.5, 0.6) is 0 Å². The number of hydrogen-bond donors (Lipinski definition) is 1. The Labute approximate surface area is 112 Å². The van der Waals surface area contributed by atoms with Crippen LogP contribution >= 0.6 is 0 Å². The zero-order valence-corrected chi connectivity index (χ0v) is 11.9. The van der Waals surface area contributed by atoms with Crippen molar-refractivity contribution in [1.82, 2.24) is 15.1 Å². The second-order valence-corrected chi connectivity index (χ2v) is 6.48. The standard InChI is InChI=1S/C15H29N3/c1-2-13-11-18(12-13)15-5-9-17(10-6-15)14-3-7-16-8-4-14/h13-16H,2-12H2,1H3. The molecule has 0 aromatic heterocycles. The van der Waals surface area contributed by atoms with Gasteiger partial charge < -0.3 is 10.2 Å². The summed E-state index contributed by atoms with van der Waals surface area (Å²) in [5.74, 6) is 1.01. The maximum absolute atomic E-state index is 3.48. The van der Waals surface area contributed by atoms with Gasteiger partial charge in [0.15, 0.2) is 0 Å². The lowest BCUT2D eigenvalue weighted by Gasteiger charge is -2.48. The van der Waals surface area contributed by atoms with Crippen LogP contribution in [0.2, 0.25) is 0 Å². The van der Waals surface area contributed by atoms with Gasteiger partial charge in [-0.15, -0.1) is 0 Å². The third kappa shape index (κ3) is 2.73.